The highest BCUT2D eigenvalue weighted by molar-refractivity contribution is 9.10. The largest absolute Gasteiger partial charge is 0.368 e. The second kappa shape index (κ2) is 7.71. The zero-order valence-corrected chi connectivity index (χ0v) is 15.4. The Kier molecular flexibility index (Phi) is 5.41. The number of anilines is 1. The number of carbonyl (C=O) groups excluding carboxylic acids is 1. The first-order valence-corrected chi connectivity index (χ1v) is 9.00. The zero-order chi connectivity index (χ0) is 16.9. The molecule has 1 aliphatic rings. The van der Waals surface area contributed by atoms with E-state index in [9.17, 15) is 4.79 Å². The van der Waals surface area contributed by atoms with E-state index < -0.39 is 0 Å². The van der Waals surface area contributed by atoms with Gasteiger partial charge in [0, 0.05) is 42.9 Å². The number of urea groups is 1. The lowest BCUT2D eigenvalue weighted by molar-refractivity contribution is 0.194. The summed E-state index contributed by atoms with van der Waals surface area (Å²) in [6.45, 7) is 5.85. The second-order valence-electron chi connectivity index (χ2n) is 6.10. The van der Waals surface area contributed by atoms with Gasteiger partial charge in [0.25, 0.3) is 0 Å². The maximum atomic E-state index is 12.3. The number of carbonyl (C=O) groups is 1. The van der Waals surface area contributed by atoms with Gasteiger partial charge in [-0.3, -0.25) is 0 Å². The van der Waals surface area contributed by atoms with E-state index in [4.69, 9.17) is 0 Å². The molecule has 2 amide bonds. The van der Waals surface area contributed by atoms with Gasteiger partial charge in [-0.2, -0.15) is 0 Å². The lowest BCUT2D eigenvalue weighted by Gasteiger charge is -2.36. The molecule has 0 bridgehead atoms. The van der Waals surface area contributed by atoms with E-state index in [2.05, 4.69) is 69.5 Å². The Balaban J connectivity index is 1.49. The summed E-state index contributed by atoms with van der Waals surface area (Å²) in [4.78, 5) is 16.5. The average molecular weight is 388 g/mol. The predicted octanol–water partition coefficient (Wildman–Crippen LogP) is 3.79. The van der Waals surface area contributed by atoms with Gasteiger partial charge in [-0.05, 0) is 36.8 Å². The molecule has 0 atom stereocenters. The summed E-state index contributed by atoms with van der Waals surface area (Å²) in [5.74, 6) is 0. The molecular weight excluding hydrogens is 366 g/mol. The Hall–Kier alpha value is -2.01. The molecule has 0 spiro atoms. The van der Waals surface area contributed by atoms with Gasteiger partial charge in [0.05, 0.1) is 0 Å². The molecule has 24 heavy (non-hydrogen) atoms. The zero-order valence-electron chi connectivity index (χ0n) is 13.8. The normalized spacial score (nSPS) is 14.6. The van der Waals surface area contributed by atoms with Crippen LogP contribution in [0.5, 0.6) is 0 Å². The molecule has 126 valence electrons. The molecule has 0 aromatic heterocycles. The molecule has 3 rings (SSSR count). The smallest absolute Gasteiger partial charge is 0.317 e. The molecule has 0 unspecified atom stereocenters. The SMILES string of the molecule is Cc1cccc(CNC(=O)N2CCN(c3ccc(Br)cc3)CC2)c1. The standard InChI is InChI=1S/C19H22BrN3O/c1-15-3-2-4-16(13-15)14-21-19(24)23-11-9-22(10-12-23)18-7-5-17(20)6-8-18/h2-8,13H,9-12,14H2,1H3,(H,21,24). The van der Waals surface area contributed by atoms with Gasteiger partial charge >= 0.3 is 6.03 Å². The van der Waals surface area contributed by atoms with E-state index in [0.717, 1.165) is 36.2 Å². The van der Waals surface area contributed by atoms with Crippen molar-refractivity contribution in [2.75, 3.05) is 31.1 Å². The van der Waals surface area contributed by atoms with Crippen LogP contribution < -0.4 is 10.2 Å². The van der Waals surface area contributed by atoms with Crippen molar-refractivity contribution in [1.29, 1.82) is 0 Å². The highest BCUT2D eigenvalue weighted by Gasteiger charge is 2.20. The fraction of sp³-hybridized carbons (Fsp3) is 0.316. The van der Waals surface area contributed by atoms with E-state index in [1.165, 1.54) is 11.3 Å². The Morgan fingerprint density at radius 3 is 2.46 bits per heavy atom. The highest BCUT2D eigenvalue weighted by Crippen LogP contribution is 2.19. The van der Waals surface area contributed by atoms with Gasteiger partial charge < -0.3 is 15.1 Å². The van der Waals surface area contributed by atoms with Gasteiger partial charge in [-0.1, -0.05) is 45.8 Å². The Morgan fingerprint density at radius 1 is 1.08 bits per heavy atom. The third kappa shape index (κ3) is 4.29. The number of piperazine rings is 1. The molecule has 0 radical (unpaired) electrons. The number of nitrogens with one attached hydrogen (secondary N) is 1. The summed E-state index contributed by atoms with van der Waals surface area (Å²) < 4.78 is 1.08. The number of hydrogen-bond acceptors (Lipinski definition) is 2. The van der Waals surface area contributed by atoms with Crippen molar-refractivity contribution in [3.05, 3.63) is 64.1 Å². The minimum Gasteiger partial charge on any atom is -0.368 e. The van der Waals surface area contributed by atoms with E-state index in [0.29, 0.717) is 6.54 Å². The van der Waals surface area contributed by atoms with Crippen LogP contribution in [0.2, 0.25) is 0 Å². The van der Waals surface area contributed by atoms with Crippen LogP contribution in [0.4, 0.5) is 10.5 Å². The van der Waals surface area contributed by atoms with Crippen molar-refractivity contribution in [3.63, 3.8) is 0 Å². The van der Waals surface area contributed by atoms with Gasteiger partial charge in [0.2, 0.25) is 0 Å². The lowest BCUT2D eigenvalue weighted by atomic mass is 10.1. The first-order chi connectivity index (χ1) is 11.6. The van der Waals surface area contributed by atoms with Gasteiger partial charge in [0.1, 0.15) is 0 Å². The van der Waals surface area contributed by atoms with Crippen LogP contribution in [-0.2, 0) is 6.54 Å². The molecular formula is C19H22BrN3O. The van der Waals surface area contributed by atoms with Gasteiger partial charge in [-0.15, -0.1) is 0 Å². The van der Waals surface area contributed by atoms with E-state index >= 15 is 0 Å². The monoisotopic (exact) mass is 387 g/mol. The van der Waals surface area contributed by atoms with Crippen LogP contribution in [0.3, 0.4) is 0 Å². The topological polar surface area (TPSA) is 35.6 Å². The predicted molar refractivity (Wildman–Crippen MR) is 101 cm³/mol. The number of amides is 2. The van der Waals surface area contributed by atoms with Crippen LogP contribution in [-0.4, -0.2) is 37.1 Å². The summed E-state index contributed by atoms with van der Waals surface area (Å²) in [5, 5.41) is 3.02. The fourth-order valence-electron chi connectivity index (χ4n) is 2.93. The number of nitrogens with zero attached hydrogens (tertiary/aromatic N) is 2. The third-order valence-electron chi connectivity index (χ3n) is 4.28. The summed E-state index contributed by atoms with van der Waals surface area (Å²) in [7, 11) is 0. The minimum atomic E-state index is 0.0203. The van der Waals surface area contributed by atoms with E-state index in [1.54, 1.807) is 0 Å². The molecule has 0 saturated carbocycles. The number of halogens is 1. The van der Waals surface area contributed by atoms with Crippen molar-refractivity contribution in [2.45, 2.75) is 13.5 Å². The first kappa shape index (κ1) is 16.8. The summed E-state index contributed by atoms with van der Waals surface area (Å²) >= 11 is 3.46. The molecule has 4 nitrogen and oxygen atoms in total. The fourth-order valence-corrected chi connectivity index (χ4v) is 3.20. The van der Waals surface area contributed by atoms with Crippen molar-refractivity contribution < 1.29 is 4.79 Å². The maximum Gasteiger partial charge on any atom is 0.317 e. The van der Waals surface area contributed by atoms with Crippen molar-refractivity contribution >= 4 is 27.6 Å². The van der Waals surface area contributed by atoms with Gasteiger partial charge in [-0.25, -0.2) is 4.79 Å². The lowest BCUT2D eigenvalue weighted by Crippen LogP contribution is -2.51. The number of hydrogen-bond donors (Lipinski definition) is 1. The van der Waals surface area contributed by atoms with Crippen LogP contribution in [0.25, 0.3) is 0 Å². The number of rotatable bonds is 3. The number of benzene rings is 2. The van der Waals surface area contributed by atoms with Crippen LogP contribution >= 0.6 is 15.9 Å². The summed E-state index contributed by atoms with van der Waals surface area (Å²) in [6, 6.07) is 16.6. The average Bonchev–Trinajstić information content (AvgIpc) is 2.61. The maximum absolute atomic E-state index is 12.3. The molecule has 1 aliphatic heterocycles. The highest BCUT2D eigenvalue weighted by atomic mass is 79.9. The summed E-state index contributed by atoms with van der Waals surface area (Å²) in [5.41, 5.74) is 3.56. The summed E-state index contributed by atoms with van der Waals surface area (Å²) in [6.07, 6.45) is 0. The van der Waals surface area contributed by atoms with E-state index in [1.807, 2.05) is 17.0 Å². The van der Waals surface area contributed by atoms with Crippen LogP contribution in [0.1, 0.15) is 11.1 Å². The van der Waals surface area contributed by atoms with Crippen LogP contribution in [0.15, 0.2) is 53.0 Å². The molecule has 5 heteroatoms. The third-order valence-corrected chi connectivity index (χ3v) is 4.81. The van der Waals surface area contributed by atoms with Crippen molar-refractivity contribution in [1.82, 2.24) is 10.2 Å². The quantitative estimate of drug-likeness (QED) is 0.869. The second-order valence-corrected chi connectivity index (χ2v) is 7.01. The Morgan fingerprint density at radius 2 is 1.79 bits per heavy atom. The molecule has 1 saturated heterocycles. The molecule has 2 aromatic carbocycles. The molecule has 1 fully saturated rings. The molecule has 2 aromatic rings. The Labute approximate surface area is 151 Å². The molecule has 1 N–H and O–H groups in total. The molecule has 0 aliphatic carbocycles. The first-order valence-electron chi connectivity index (χ1n) is 8.21. The number of aryl methyl sites for hydroxylation is 1. The molecule has 1 heterocycles. The van der Waals surface area contributed by atoms with Crippen LogP contribution in [0, 0.1) is 6.92 Å². The van der Waals surface area contributed by atoms with E-state index in [-0.39, 0.29) is 6.03 Å². The Bertz CT molecular complexity index is 694. The van der Waals surface area contributed by atoms with Crippen molar-refractivity contribution in [3.8, 4) is 0 Å². The van der Waals surface area contributed by atoms with Crippen molar-refractivity contribution in [2.24, 2.45) is 0 Å². The minimum absolute atomic E-state index is 0.0203. The van der Waals surface area contributed by atoms with Gasteiger partial charge in [0.15, 0.2) is 0 Å².